The number of ether oxygens (including phenoxy) is 1. The summed E-state index contributed by atoms with van der Waals surface area (Å²) in [7, 11) is 0. The van der Waals surface area contributed by atoms with Crippen LogP contribution in [0.2, 0.25) is 0 Å². The Morgan fingerprint density at radius 1 is 1.41 bits per heavy atom. The van der Waals surface area contributed by atoms with E-state index in [4.69, 9.17) is 4.74 Å². The maximum atomic E-state index is 12.1. The summed E-state index contributed by atoms with van der Waals surface area (Å²) in [6.07, 6.45) is 6.04. The van der Waals surface area contributed by atoms with E-state index in [1.54, 1.807) is 11.8 Å². The topological polar surface area (TPSA) is 49.9 Å². The Balaban J connectivity index is 1.88. The van der Waals surface area contributed by atoms with Gasteiger partial charge < -0.3 is 14.5 Å². The molecule has 2 rings (SSSR count). The van der Waals surface area contributed by atoms with Crippen molar-refractivity contribution in [3.05, 3.63) is 0 Å². The minimum atomic E-state index is -0.366. The molecule has 0 unspecified atom stereocenters. The molecule has 2 heterocycles. The fourth-order valence-corrected chi connectivity index (χ4v) is 3.71. The van der Waals surface area contributed by atoms with E-state index < -0.39 is 0 Å². The molecule has 0 bridgehead atoms. The Hall–Kier alpha value is -0.910. The molecular weight excluding hydrogens is 300 g/mol. The van der Waals surface area contributed by atoms with Crippen LogP contribution in [-0.2, 0) is 9.53 Å². The molecule has 1 atom stereocenters. The predicted octanol–water partition coefficient (Wildman–Crippen LogP) is 2.74. The first kappa shape index (κ1) is 17.4. The van der Waals surface area contributed by atoms with Gasteiger partial charge in [-0.2, -0.15) is 11.8 Å². The van der Waals surface area contributed by atoms with E-state index in [1.807, 2.05) is 16.1 Å². The van der Waals surface area contributed by atoms with Gasteiger partial charge in [-0.05, 0) is 19.6 Å². The van der Waals surface area contributed by atoms with Crippen LogP contribution in [0.4, 0.5) is 4.79 Å². The van der Waals surface area contributed by atoms with E-state index in [0.29, 0.717) is 26.1 Å². The SMILES string of the molecule is CCC[C@@H](C)N1CC2(CCN(C(=O)CCSC)CC2)OC1=O. The summed E-state index contributed by atoms with van der Waals surface area (Å²) < 4.78 is 5.72. The van der Waals surface area contributed by atoms with Gasteiger partial charge in [0, 0.05) is 44.1 Å². The lowest BCUT2D eigenvalue weighted by Crippen LogP contribution is -2.49. The van der Waals surface area contributed by atoms with Crippen molar-refractivity contribution >= 4 is 23.8 Å². The zero-order chi connectivity index (χ0) is 16.2. The molecule has 0 saturated carbocycles. The molecule has 1 spiro atoms. The van der Waals surface area contributed by atoms with Crippen LogP contribution in [-0.4, -0.2) is 65.1 Å². The number of likely N-dealkylation sites (tertiary alicyclic amines) is 1. The largest absolute Gasteiger partial charge is 0.441 e. The predicted molar refractivity (Wildman–Crippen MR) is 89.1 cm³/mol. The third-order valence-corrected chi connectivity index (χ3v) is 5.40. The molecule has 6 heteroatoms. The molecule has 2 saturated heterocycles. The molecule has 2 fully saturated rings. The van der Waals surface area contributed by atoms with Crippen molar-refractivity contribution in [3.63, 3.8) is 0 Å². The summed E-state index contributed by atoms with van der Waals surface area (Å²) in [6.45, 7) is 6.31. The molecule has 0 radical (unpaired) electrons. The second-order valence-corrected chi connectivity index (χ2v) is 7.43. The average Bonchev–Trinajstić information content (AvgIpc) is 2.82. The Morgan fingerprint density at radius 2 is 2.09 bits per heavy atom. The van der Waals surface area contributed by atoms with Gasteiger partial charge in [0.25, 0.3) is 0 Å². The monoisotopic (exact) mass is 328 g/mol. The van der Waals surface area contributed by atoms with Crippen LogP contribution in [0.25, 0.3) is 0 Å². The summed E-state index contributed by atoms with van der Waals surface area (Å²) in [4.78, 5) is 28.0. The van der Waals surface area contributed by atoms with Gasteiger partial charge in [-0.25, -0.2) is 4.79 Å². The van der Waals surface area contributed by atoms with E-state index in [-0.39, 0.29) is 23.6 Å². The van der Waals surface area contributed by atoms with Gasteiger partial charge in [-0.1, -0.05) is 13.3 Å². The first-order valence-corrected chi connectivity index (χ1v) is 9.67. The van der Waals surface area contributed by atoms with Crippen molar-refractivity contribution < 1.29 is 14.3 Å². The molecular formula is C16H28N2O3S. The van der Waals surface area contributed by atoms with E-state index in [2.05, 4.69) is 13.8 Å². The number of amides is 2. The standard InChI is InChI=1S/C16H28N2O3S/c1-4-5-13(2)18-12-16(21-15(18)20)7-9-17(10-8-16)14(19)6-11-22-3/h13H,4-12H2,1-3H3/t13-/m1/s1. The van der Waals surface area contributed by atoms with Gasteiger partial charge in [0.15, 0.2) is 0 Å². The number of carbonyl (C=O) groups excluding carboxylic acids is 2. The molecule has 0 N–H and O–H groups in total. The Kier molecular flexibility index (Phi) is 6.01. The normalized spacial score (nSPS) is 22.0. The Bertz CT molecular complexity index is 408. The van der Waals surface area contributed by atoms with Crippen molar-refractivity contribution in [1.82, 2.24) is 9.80 Å². The summed E-state index contributed by atoms with van der Waals surface area (Å²) in [6, 6.07) is 0.234. The van der Waals surface area contributed by atoms with E-state index in [0.717, 1.165) is 31.4 Å². The second kappa shape index (κ2) is 7.57. The maximum absolute atomic E-state index is 12.1. The van der Waals surface area contributed by atoms with E-state index in [9.17, 15) is 9.59 Å². The third-order valence-electron chi connectivity index (χ3n) is 4.78. The van der Waals surface area contributed by atoms with Crippen LogP contribution < -0.4 is 0 Å². The number of rotatable bonds is 6. The lowest BCUT2D eigenvalue weighted by Gasteiger charge is -2.37. The van der Waals surface area contributed by atoms with Crippen LogP contribution in [0.3, 0.4) is 0 Å². The second-order valence-electron chi connectivity index (χ2n) is 6.44. The van der Waals surface area contributed by atoms with Crippen LogP contribution in [0.1, 0.15) is 46.0 Å². The highest BCUT2D eigenvalue weighted by atomic mass is 32.2. The zero-order valence-corrected chi connectivity index (χ0v) is 14.8. The fourth-order valence-electron chi connectivity index (χ4n) is 3.33. The number of hydrogen-bond donors (Lipinski definition) is 0. The van der Waals surface area contributed by atoms with Crippen molar-refractivity contribution in [2.75, 3.05) is 31.6 Å². The minimum absolute atomic E-state index is 0.178. The van der Waals surface area contributed by atoms with Crippen LogP contribution in [0.5, 0.6) is 0 Å². The van der Waals surface area contributed by atoms with Gasteiger partial charge in [0.05, 0.1) is 6.54 Å². The van der Waals surface area contributed by atoms with Gasteiger partial charge >= 0.3 is 6.09 Å². The molecule has 0 aromatic heterocycles. The summed E-state index contributed by atoms with van der Waals surface area (Å²) in [5.74, 6) is 1.10. The summed E-state index contributed by atoms with van der Waals surface area (Å²) in [5.41, 5.74) is -0.366. The molecule has 0 aromatic rings. The number of thioether (sulfide) groups is 1. The van der Waals surface area contributed by atoms with Gasteiger partial charge in [0.1, 0.15) is 5.60 Å². The summed E-state index contributed by atoms with van der Waals surface area (Å²) >= 11 is 1.70. The van der Waals surface area contributed by atoms with Crippen molar-refractivity contribution in [3.8, 4) is 0 Å². The quantitative estimate of drug-likeness (QED) is 0.752. The molecule has 2 aliphatic rings. The van der Waals surface area contributed by atoms with Crippen LogP contribution in [0, 0.1) is 0 Å². The summed E-state index contributed by atoms with van der Waals surface area (Å²) in [5, 5.41) is 0. The van der Waals surface area contributed by atoms with E-state index in [1.165, 1.54) is 0 Å². The number of hydrogen-bond acceptors (Lipinski definition) is 4. The molecule has 22 heavy (non-hydrogen) atoms. The number of piperidine rings is 1. The Labute approximate surface area is 137 Å². The highest BCUT2D eigenvalue weighted by Gasteiger charge is 2.48. The molecule has 2 aliphatic heterocycles. The minimum Gasteiger partial charge on any atom is -0.441 e. The van der Waals surface area contributed by atoms with Gasteiger partial charge in [0.2, 0.25) is 5.91 Å². The fraction of sp³-hybridized carbons (Fsp3) is 0.875. The maximum Gasteiger partial charge on any atom is 0.410 e. The molecule has 126 valence electrons. The highest BCUT2D eigenvalue weighted by Crippen LogP contribution is 2.34. The molecule has 5 nitrogen and oxygen atoms in total. The number of carbonyl (C=O) groups is 2. The van der Waals surface area contributed by atoms with Crippen LogP contribution >= 0.6 is 11.8 Å². The zero-order valence-electron chi connectivity index (χ0n) is 14.0. The lowest BCUT2D eigenvalue weighted by molar-refractivity contribution is -0.134. The molecule has 0 aliphatic carbocycles. The van der Waals surface area contributed by atoms with Crippen molar-refractivity contribution in [2.45, 2.75) is 57.6 Å². The Morgan fingerprint density at radius 3 is 2.68 bits per heavy atom. The van der Waals surface area contributed by atoms with Gasteiger partial charge in [-0.3, -0.25) is 4.79 Å². The highest BCUT2D eigenvalue weighted by molar-refractivity contribution is 7.98. The third kappa shape index (κ3) is 3.89. The van der Waals surface area contributed by atoms with Crippen LogP contribution in [0.15, 0.2) is 0 Å². The van der Waals surface area contributed by atoms with Crippen molar-refractivity contribution in [1.29, 1.82) is 0 Å². The first-order chi connectivity index (χ1) is 10.5. The van der Waals surface area contributed by atoms with Crippen molar-refractivity contribution in [2.24, 2.45) is 0 Å². The number of nitrogens with zero attached hydrogens (tertiary/aromatic N) is 2. The first-order valence-electron chi connectivity index (χ1n) is 8.27. The smallest absolute Gasteiger partial charge is 0.410 e. The van der Waals surface area contributed by atoms with E-state index >= 15 is 0 Å². The van der Waals surface area contributed by atoms with Gasteiger partial charge in [-0.15, -0.1) is 0 Å². The lowest BCUT2D eigenvalue weighted by atomic mass is 9.91. The average molecular weight is 328 g/mol. The molecule has 2 amide bonds. The molecule has 0 aromatic carbocycles.